The number of ether oxygens (including phenoxy) is 3. The molecular weight excluding hydrogens is 236 g/mol. The second-order valence-electron chi connectivity index (χ2n) is 3.40. The van der Waals surface area contributed by atoms with Crippen LogP contribution >= 0.6 is 0 Å². The van der Waals surface area contributed by atoms with E-state index in [1.807, 2.05) is 0 Å². The van der Waals surface area contributed by atoms with Crippen molar-refractivity contribution in [3.63, 3.8) is 0 Å². The third kappa shape index (κ3) is 3.76. The van der Waals surface area contributed by atoms with Crippen molar-refractivity contribution in [2.75, 3.05) is 20.3 Å². The first-order chi connectivity index (χ1) is 8.72. The fourth-order valence-corrected chi connectivity index (χ4v) is 1.41. The molecule has 0 heterocycles. The summed E-state index contributed by atoms with van der Waals surface area (Å²) in [5, 5.41) is 0. The van der Waals surface area contributed by atoms with Crippen LogP contribution in [0, 0.1) is 0 Å². The normalized spacial score (nSPS) is 9.67. The molecule has 0 amide bonds. The molecule has 0 aliphatic carbocycles. The van der Waals surface area contributed by atoms with Gasteiger partial charge in [0, 0.05) is 0 Å². The number of methoxy groups -OCH3 is 1. The maximum absolute atomic E-state index is 11.1. The van der Waals surface area contributed by atoms with Gasteiger partial charge in [0.25, 0.3) is 0 Å². The minimum absolute atomic E-state index is 0.129. The molecule has 0 atom stereocenters. The molecule has 0 spiro atoms. The first kappa shape index (κ1) is 14.0. The van der Waals surface area contributed by atoms with Gasteiger partial charge in [0.05, 0.1) is 32.3 Å². The molecule has 1 aromatic carbocycles. The van der Waals surface area contributed by atoms with Gasteiger partial charge in [-0.2, -0.15) is 0 Å². The number of hydrogen-bond donors (Lipinski definition) is 0. The van der Waals surface area contributed by atoms with Gasteiger partial charge in [0.15, 0.2) is 17.8 Å². The van der Waals surface area contributed by atoms with Crippen molar-refractivity contribution in [3.05, 3.63) is 23.8 Å². The van der Waals surface area contributed by atoms with Crippen LogP contribution in [0.2, 0.25) is 0 Å². The number of carbonyl (C=O) groups is 2. The Morgan fingerprint density at radius 1 is 1.39 bits per heavy atom. The van der Waals surface area contributed by atoms with Gasteiger partial charge in [-0.05, 0) is 19.1 Å². The van der Waals surface area contributed by atoms with E-state index in [1.54, 1.807) is 25.1 Å². The van der Waals surface area contributed by atoms with E-state index >= 15 is 0 Å². The molecule has 0 unspecified atom stereocenters. The van der Waals surface area contributed by atoms with E-state index in [1.165, 1.54) is 7.11 Å². The first-order valence-corrected chi connectivity index (χ1v) is 5.63. The van der Waals surface area contributed by atoms with E-state index in [9.17, 15) is 9.59 Å². The third-order valence-electron chi connectivity index (χ3n) is 2.21. The van der Waals surface area contributed by atoms with Crippen molar-refractivity contribution in [2.45, 2.75) is 13.3 Å². The molecule has 0 saturated carbocycles. The van der Waals surface area contributed by atoms with E-state index < -0.39 is 0 Å². The summed E-state index contributed by atoms with van der Waals surface area (Å²) in [7, 11) is 1.49. The summed E-state index contributed by atoms with van der Waals surface area (Å²) < 4.78 is 15.3. The smallest absolute Gasteiger partial charge is 0.309 e. The summed E-state index contributed by atoms with van der Waals surface area (Å²) in [6.45, 7) is 2.22. The van der Waals surface area contributed by atoms with Crippen LogP contribution < -0.4 is 9.47 Å². The number of carbonyl (C=O) groups excluding carboxylic acids is 2. The molecule has 0 N–H and O–H groups in total. The standard InChI is InChI=1S/C13H16O5/c1-3-17-12(15)7-8-18-13-10(9-14)5-4-6-11(13)16-2/h4-6,9H,3,7-8H2,1-2H3. The Balaban J connectivity index is 2.65. The number of hydrogen-bond acceptors (Lipinski definition) is 5. The molecule has 98 valence electrons. The summed E-state index contributed by atoms with van der Waals surface area (Å²) in [6, 6.07) is 5.00. The van der Waals surface area contributed by atoms with Gasteiger partial charge in [-0.25, -0.2) is 0 Å². The Morgan fingerprint density at radius 2 is 2.17 bits per heavy atom. The van der Waals surface area contributed by atoms with E-state index in [0.717, 1.165) is 0 Å². The van der Waals surface area contributed by atoms with Crippen LogP contribution in [0.4, 0.5) is 0 Å². The van der Waals surface area contributed by atoms with Crippen LogP contribution in [0.3, 0.4) is 0 Å². The highest BCUT2D eigenvalue weighted by Crippen LogP contribution is 2.29. The lowest BCUT2D eigenvalue weighted by Gasteiger charge is -2.12. The van der Waals surface area contributed by atoms with Crippen molar-refractivity contribution in [1.82, 2.24) is 0 Å². The Bertz CT molecular complexity index is 414. The van der Waals surface area contributed by atoms with Gasteiger partial charge in [-0.3, -0.25) is 9.59 Å². The van der Waals surface area contributed by atoms with Crippen molar-refractivity contribution in [2.24, 2.45) is 0 Å². The molecule has 1 aromatic rings. The Morgan fingerprint density at radius 3 is 2.78 bits per heavy atom. The molecule has 5 nitrogen and oxygen atoms in total. The van der Waals surface area contributed by atoms with Crippen LogP contribution in [0.25, 0.3) is 0 Å². The number of rotatable bonds is 7. The van der Waals surface area contributed by atoms with Crippen molar-refractivity contribution in [1.29, 1.82) is 0 Å². The summed E-state index contributed by atoms with van der Waals surface area (Å²) in [5.41, 5.74) is 0.387. The van der Waals surface area contributed by atoms with Gasteiger partial charge in [0.1, 0.15) is 0 Å². The molecule has 0 bridgehead atoms. The first-order valence-electron chi connectivity index (χ1n) is 5.63. The van der Waals surface area contributed by atoms with E-state index in [4.69, 9.17) is 14.2 Å². The van der Waals surface area contributed by atoms with Crippen molar-refractivity contribution in [3.8, 4) is 11.5 Å². The highest BCUT2D eigenvalue weighted by atomic mass is 16.5. The fraction of sp³-hybridized carbons (Fsp3) is 0.385. The van der Waals surface area contributed by atoms with Gasteiger partial charge in [0.2, 0.25) is 0 Å². The molecule has 0 fully saturated rings. The van der Waals surface area contributed by atoms with Crippen LogP contribution in [0.15, 0.2) is 18.2 Å². The van der Waals surface area contributed by atoms with Crippen LogP contribution in [0.1, 0.15) is 23.7 Å². The SMILES string of the molecule is CCOC(=O)CCOc1c(C=O)cccc1OC. The summed E-state index contributed by atoms with van der Waals surface area (Å²) in [6.07, 6.45) is 0.812. The Labute approximate surface area is 106 Å². The number of benzene rings is 1. The zero-order chi connectivity index (χ0) is 13.4. The van der Waals surface area contributed by atoms with Crippen LogP contribution in [-0.2, 0) is 9.53 Å². The van der Waals surface area contributed by atoms with Crippen LogP contribution in [0.5, 0.6) is 11.5 Å². The Kier molecular flexibility index (Phi) is 5.70. The number of aldehydes is 1. The molecule has 18 heavy (non-hydrogen) atoms. The third-order valence-corrected chi connectivity index (χ3v) is 2.21. The van der Waals surface area contributed by atoms with Gasteiger partial charge in [-0.15, -0.1) is 0 Å². The van der Waals surface area contributed by atoms with Crippen molar-refractivity contribution < 1.29 is 23.8 Å². The molecule has 0 radical (unpaired) electrons. The highest BCUT2D eigenvalue weighted by molar-refractivity contribution is 5.81. The number of esters is 1. The number of para-hydroxylation sites is 1. The second kappa shape index (κ2) is 7.32. The fourth-order valence-electron chi connectivity index (χ4n) is 1.41. The topological polar surface area (TPSA) is 61.8 Å². The molecule has 0 aliphatic heterocycles. The maximum atomic E-state index is 11.1. The molecule has 5 heteroatoms. The average molecular weight is 252 g/mol. The molecular formula is C13H16O5. The predicted octanol–water partition coefficient (Wildman–Crippen LogP) is 1.84. The van der Waals surface area contributed by atoms with Gasteiger partial charge < -0.3 is 14.2 Å². The average Bonchev–Trinajstić information content (AvgIpc) is 2.39. The van der Waals surface area contributed by atoms with Gasteiger partial charge >= 0.3 is 5.97 Å². The summed E-state index contributed by atoms with van der Waals surface area (Å²) in [4.78, 5) is 22.0. The lowest BCUT2D eigenvalue weighted by Crippen LogP contribution is -2.10. The monoisotopic (exact) mass is 252 g/mol. The predicted molar refractivity (Wildman–Crippen MR) is 65.1 cm³/mol. The minimum Gasteiger partial charge on any atom is -0.493 e. The highest BCUT2D eigenvalue weighted by Gasteiger charge is 2.11. The zero-order valence-corrected chi connectivity index (χ0v) is 10.5. The van der Waals surface area contributed by atoms with E-state index in [2.05, 4.69) is 0 Å². The summed E-state index contributed by atoms with van der Waals surface area (Å²) in [5.74, 6) is 0.475. The molecule has 0 saturated heterocycles. The van der Waals surface area contributed by atoms with Crippen molar-refractivity contribution >= 4 is 12.3 Å². The quantitative estimate of drug-likeness (QED) is 0.547. The minimum atomic E-state index is -0.333. The zero-order valence-electron chi connectivity index (χ0n) is 10.5. The van der Waals surface area contributed by atoms with E-state index in [0.29, 0.717) is 30.0 Å². The van der Waals surface area contributed by atoms with Gasteiger partial charge in [-0.1, -0.05) is 6.07 Å². The Hall–Kier alpha value is -2.04. The van der Waals surface area contributed by atoms with Crippen LogP contribution in [-0.4, -0.2) is 32.6 Å². The lowest BCUT2D eigenvalue weighted by molar-refractivity contribution is -0.143. The summed E-state index contributed by atoms with van der Waals surface area (Å²) >= 11 is 0. The maximum Gasteiger partial charge on any atom is 0.309 e. The largest absolute Gasteiger partial charge is 0.493 e. The molecule has 0 aliphatic rings. The lowest BCUT2D eigenvalue weighted by atomic mass is 10.2. The second-order valence-corrected chi connectivity index (χ2v) is 3.40. The van der Waals surface area contributed by atoms with E-state index in [-0.39, 0.29) is 19.0 Å². The molecule has 1 rings (SSSR count). The molecule has 0 aromatic heterocycles.